The second kappa shape index (κ2) is 7.82. The Bertz CT molecular complexity index is 1050. The van der Waals surface area contributed by atoms with Crippen molar-refractivity contribution in [2.24, 2.45) is 0 Å². The number of aromatic nitrogens is 2. The van der Waals surface area contributed by atoms with Crippen LogP contribution in [-0.2, 0) is 0 Å². The van der Waals surface area contributed by atoms with Crippen molar-refractivity contribution in [3.05, 3.63) is 86.7 Å². The standard InChI is InChI=1S/C20H19ClN4O3/c1-13(15-6-4-9-18(10-15)25(27)28)23(3)20(26)19-12-22-24(14(19)2)17-8-5-7-16(21)11-17/h4-13H,1-3H3. The zero-order valence-corrected chi connectivity index (χ0v) is 16.4. The molecule has 3 rings (SSSR count). The Hall–Kier alpha value is -3.19. The van der Waals surface area contributed by atoms with Crippen molar-refractivity contribution in [1.29, 1.82) is 0 Å². The zero-order valence-electron chi connectivity index (χ0n) is 15.7. The van der Waals surface area contributed by atoms with Gasteiger partial charge >= 0.3 is 0 Å². The van der Waals surface area contributed by atoms with Crippen LogP contribution in [0.4, 0.5) is 5.69 Å². The number of halogens is 1. The number of nitrogens with zero attached hydrogens (tertiary/aromatic N) is 4. The third kappa shape index (κ3) is 3.75. The van der Waals surface area contributed by atoms with Gasteiger partial charge in [-0.1, -0.05) is 29.8 Å². The van der Waals surface area contributed by atoms with Gasteiger partial charge in [-0.05, 0) is 37.6 Å². The van der Waals surface area contributed by atoms with E-state index in [1.165, 1.54) is 18.3 Å². The summed E-state index contributed by atoms with van der Waals surface area (Å²) in [6, 6.07) is 13.2. The molecule has 1 heterocycles. The van der Waals surface area contributed by atoms with Gasteiger partial charge in [-0.25, -0.2) is 4.68 Å². The Morgan fingerprint density at radius 1 is 1.25 bits per heavy atom. The highest BCUT2D eigenvalue weighted by molar-refractivity contribution is 6.30. The summed E-state index contributed by atoms with van der Waals surface area (Å²) < 4.78 is 1.66. The number of hydrogen-bond donors (Lipinski definition) is 0. The molecule has 8 heteroatoms. The molecule has 0 fully saturated rings. The second-order valence-corrected chi connectivity index (χ2v) is 6.92. The van der Waals surface area contributed by atoms with Crippen molar-refractivity contribution in [2.45, 2.75) is 19.9 Å². The molecule has 0 spiro atoms. The average Bonchev–Trinajstić information content (AvgIpc) is 3.07. The van der Waals surface area contributed by atoms with Crippen LogP contribution in [0.5, 0.6) is 0 Å². The second-order valence-electron chi connectivity index (χ2n) is 6.48. The predicted molar refractivity (Wildman–Crippen MR) is 107 cm³/mol. The highest BCUT2D eigenvalue weighted by atomic mass is 35.5. The van der Waals surface area contributed by atoms with E-state index in [1.54, 1.807) is 40.9 Å². The van der Waals surface area contributed by atoms with E-state index in [1.807, 2.05) is 26.0 Å². The van der Waals surface area contributed by atoms with Gasteiger partial charge in [0.25, 0.3) is 11.6 Å². The van der Waals surface area contributed by atoms with E-state index in [0.29, 0.717) is 21.8 Å². The van der Waals surface area contributed by atoms with E-state index in [2.05, 4.69) is 5.10 Å². The number of carbonyl (C=O) groups is 1. The van der Waals surface area contributed by atoms with E-state index >= 15 is 0 Å². The van der Waals surface area contributed by atoms with E-state index in [4.69, 9.17) is 11.6 Å². The zero-order chi connectivity index (χ0) is 20.4. The van der Waals surface area contributed by atoms with Crippen LogP contribution in [0.2, 0.25) is 5.02 Å². The first-order valence-electron chi connectivity index (χ1n) is 8.61. The van der Waals surface area contributed by atoms with Crippen LogP contribution in [0, 0.1) is 17.0 Å². The number of benzene rings is 2. The molecule has 3 aromatic rings. The lowest BCUT2D eigenvalue weighted by molar-refractivity contribution is -0.384. The van der Waals surface area contributed by atoms with Crippen molar-refractivity contribution < 1.29 is 9.72 Å². The molecule has 1 aromatic heterocycles. The molecular formula is C20H19ClN4O3. The van der Waals surface area contributed by atoms with E-state index in [0.717, 1.165) is 5.69 Å². The fourth-order valence-electron chi connectivity index (χ4n) is 2.98. The Labute approximate surface area is 167 Å². The van der Waals surface area contributed by atoms with Gasteiger partial charge in [0.15, 0.2) is 0 Å². The first-order chi connectivity index (χ1) is 13.3. The normalized spacial score (nSPS) is 11.9. The van der Waals surface area contributed by atoms with Gasteiger partial charge < -0.3 is 4.90 Å². The summed E-state index contributed by atoms with van der Waals surface area (Å²) in [7, 11) is 1.67. The minimum absolute atomic E-state index is 0.00449. The van der Waals surface area contributed by atoms with Gasteiger partial charge in [0, 0.05) is 24.2 Å². The maximum Gasteiger partial charge on any atom is 0.269 e. The van der Waals surface area contributed by atoms with Crippen molar-refractivity contribution in [2.75, 3.05) is 7.05 Å². The van der Waals surface area contributed by atoms with Crippen LogP contribution in [0.1, 0.15) is 34.6 Å². The molecule has 144 valence electrons. The van der Waals surface area contributed by atoms with Crippen molar-refractivity contribution in [3.8, 4) is 5.69 Å². The van der Waals surface area contributed by atoms with Gasteiger partial charge in [0.1, 0.15) is 0 Å². The van der Waals surface area contributed by atoms with Crippen LogP contribution in [0.15, 0.2) is 54.7 Å². The van der Waals surface area contributed by atoms with Gasteiger partial charge in [-0.3, -0.25) is 14.9 Å². The quantitative estimate of drug-likeness (QED) is 0.465. The highest BCUT2D eigenvalue weighted by Crippen LogP contribution is 2.25. The molecule has 0 N–H and O–H groups in total. The molecule has 0 saturated heterocycles. The Morgan fingerprint density at radius 3 is 2.64 bits per heavy atom. The maximum absolute atomic E-state index is 13.0. The predicted octanol–water partition coefficient (Wildman–Crippen LogP) is 4.58. The van der Waals surface area contributed by atoms with E-state index < -0.39 is 4.92 Å². The van der Waals surface area contributed by atoms with Crippen LogP contribution >= 0.6 is 11.6 Å². The van der Waals surface area contributed by atoms with Crippen LogP contribution in [-0.4, -0.2) is 32.6 Å². The maximum atomic E-state index is 13.0. The Kier molecular flexibility index (Phi) is 5.46. The molecule has 0 bridgehead atoms. The fraction of sp³-hybridized carbons (Fsp3) is 0.200. The Morgan fingerprint density at radius 2 is 1.96 bits per heavy atom. The van der Waals surface area contributed by atoms with Crippen molar-refractivity contribution in [1.82, 2.24) is 14.7 Å². The van der Waals surface area contributed by atoms with Gasteiger partial charge in [0.05, 0.1) is 34.1 Å². The molecule has 0 aliphatic heterocycles. The summed E-state index contributed by atoms with van der Waals surface area (Å²) in [5.74, 6) is -0.218. The molecule has 28 heavy (non-hydrogen) atoms. The third-order valence-electron chi connectivity index (χ3n) is 4.76. The summed E-state index contributed by atoms with van der Waals surface area (Å²) in [5.41, 5.74) is 2.59. The number of non-ortho nitro benzene ring substituents is 1. The lowest BCUT2D eigenvalue weighted by Gasteiger charge is -2.25. The molecule has 0 radical (unpaired) electrons. The summed E-state index contributed by atoms with van der Waals surface area (Å²) in [6.07, 6.45) is 1.52. The first kappa shape index (κ1) is 19.6. The third-order valence-corrected chi connectivity index (χ3v) is 4.99. The van der Waals surface area contributed by atoms with Crippen molar-refractivity contribution in [3.63, 3.8) is 0 Å². The topological polar surface area (TPSA) is 81.3 Å². The molecule has 0 aliphatic carbocycles. The molecule has 1 unspecified atom stereocenters. The lowest BCUT2D eigenvalue weighted by Crippen LogP contribution is -2.30. The number of nitro groups is 1. The van der Waals surface area contributed by atoms with Crippen molar-refractivity contribution >= 4 is 23.2 Å². The molecular weight excluding hydrogens is 380 g/mol. The summed E-state index contributed by atoms with van der Waals surface area (Å²) in [4.78, 5) is 25.1. The lowest BCUT2D eigenvalue weighted by atomic mass is 10.1. The molecule has 0 saturated carbocycles. The molecule has 1 amide bonds. The molecule has 7 nitrogen and oxygen atoms in total. The number of amides is 1. The number of carbonyl (C=O) groups excluding carboxylic acids is 1. The minimum Gasteiger partial charge on any atom is -0.335 e. The SMILES string of the molecule is Cc1c(C(=O)N(C)C(C)c2cccc([N+](=O)[O-])c2)cnn1-c1cccc(Cl)c1. The monoisotopic (exact) mass is 398 g/mol. The summed E-state index contributed by atoms with van der Waals surface area (Å²) in [5, 5.41) is 15.9. The molecule has 1 atom stereocenters. The Balaban J connectivity index is 1.88. The summed E-state index contributed by atoms with van der Waals surface area (Å²) >= 11 is 6.05. The fourth-order valence-corrected chi connectivity index (χ4v) is 3.16. The van der Waals surface area contributed by atoms with Gasteiger partial charge in [-0.15, -0.1) is 0 Å². The summed E-state index contributed by atoms with van der Waals surface area (Å²) in [6.45, 7) is 3.64. The molecule has 0 aliphatic rings. The first-order valence-corrected chi connectivity index (χ1v) is 8.99. The number of nitro benzene ring substituents is 1. The minimum atomic E-state index is -0.447. The smallest absolute Gasteiger partial charge is 0.269 e. The van der Waals surface area contributed by atoms with E-state index in [-0.39, 0.29) is 17.6 Å². The van der Waals surface area contributed by atoms with Crippen LogP contribution in [0.25, 0.3) is 5.69 Å². The number of hydrogen-bond acceptors (Lipinski definition) is 4. The van der Waals surface area contributed by atoms with E-state index in [9.17, 15) is 14.9 Å². The largest absolute Gasteiger partial charge is 0.335 e. The average molecular weight is 399 g/mol. The van der Waals surface area contributed by atoms with Gasteiger partial charge in [-0.2, -0.15) is 5.10 Å². The number of rotatable bonds is 5. The van der Waals surface area contributed by atoms with Crippen LogP contribution in [0.3, 0.4) is 0 Å². The highest BCUT2D eigenvalue weighted by Gasteiger charge is 2.24. The van der Waals surface area contributed by atoms with Crippen LogP contribution < -0.4 is 0 Å². The van der Waals surface area contributed by atoms with Gasteiger partial charge in [0.2, 0.25) is 0 Å². The molecule has 2 aromatic carbocycles.